The summed E-state index contributed by atoms with van der Waals surface area (Å²) in [5.41, 5.74) is 0.986. The van der Waals surface area contributed by atoms with Crippen molar-refractivity contribution in [1.82, 2.24) is 10.3 Å². The van der Waals surface area contributed by atoms with Gasteiger partial charge in [0, 0.05) is 12.7 Å². The largest absolute Gasteiger partial charge is 0.315 e. The molecule has 0 saturated carbocycles. The van der Waals surface area contributed by atoms with E-state index in [2.05, 4.69) is 15.0 Å². The van der Waals surface area contributed by atoms with Crippen LogP contribution in [0.5, 0.6) is 0 Å². The fraction of sp³-hybridized carbons (Fsp3) is 0.545. The van der Waals surface area contributed by atoms with Crippen LogP contribution in [0.25, 0.3) is 0 Å². The molecule has 0 aliphatic carbocycles. The summed E-state index contributed by atoms with van der Waals surface area (Å²) in [6.07, 6.45) is 3.20. The molecule has 1 aromatic rings. The van der Waals surface area contributed by atoms with Crippen LogP contribution in [-0.4, -0.2) is 31.7 Å². The van der Waals surface area contributed by atoms with Gasteiger partial charge in [-0.05, 0) is 44.0 Å². The van der Waals surface area contributed by atoms with Gasteiger partial charge in [0.1, 0.15) is 5.82 Å². The van der Waals surface area contributed by atoms with E-state index >= 15 is 0 Å². The molecule has 1 atom stereocenters. The first kappa shape index (κ1) is 12.3. The number of aryl methyl sites for hydroxylation is 1. The minimum absolute atomic E-state index is 0.362. The molecule has 2 heterocycles. The van der Waals surface area contributed by atoms with Crippen LogP contribution >= 0.6 is 0 Å². The average Bonchev–Trinajstić information content (AvgIpc) is 2.29. The van der Waals surface area contributed by atoms with Crippen molar-refractivity contribution in [3.8, 4) is 0 Å². The molecule has 0 aromatic carbocycles. The van der Waals surface area contributed by atoms with E-state index in [-0.39, 0.29) is 5.25 Å². The van der Waals surface area contributed by atoms with E-state index in [1.54, 1.807) is 12.3 Å². The number of hydrogen-bond acceptors (Lipinski definition) is 4. The molecule has 1 aliphatic rings. The molecular weight excluding hydrogens is 238 g/mol. The molecule has 0 bridgehead atoms. The molecule has 17 heavy (non-hydrogen) atoms. The van der Waals surface area contributed by atoms with E-state index in [0.29, 0.717) is 18.8 Å². The van der Waals surface area contributed by atoms with E-state index in [0.717, 1.165) is 18.5 Å². The number of anilines is 1. The molecule has 6 heteroatoms. The Labute approximate surface area is 102 Å². The van der Waals surface area contributed by atoms with Crippen molar-refractivity contribution in [2.75, 3.05) is 17.8 Å². The second-order valence-electron chi connectivity index (χ2n) is 4.33. The van der Waals surface area contributed by atoms with Gasteiger partial charge in [-0.1, -0.05) is 0 Å². The molecular formula is C11H17N3O2S. The molecule has 0 radical (unpaired) electrons. The Balaban J connectivity index is 2.11. The van der Waals surface area contributed by atoms with Crippen molar-refractivity contribution in [2.24, 2.45) is 0 Å². The number of aromatic nitrogens is 1. The third kappa shape index (κ3) is 3.17. The van der Waals surface area contributed by atoms with Crippen LogP contribution in [0.3, 0.4) is 0 Å². The Bertz CT molecular complexity index is 481. The van der Waals surface area contributed by atoms with Crippen LogP contribution in [0.2, 0.25) is 0 Å². The summed E-state index contributed by atoms with van der Waals surface area (Å²) in [6, 6.07) is 3.56. The van der Waals surface area contributed by atoms with E-state index in [1.807, 2.05) is 13.0 Å². The van der Waals surface area contributed by atoms with Crippen LogP contribution in [-0.2, 0) is 10.0 Å². The maximum Gasteiger partial charge on any atom is 0.238 e. The zero-order valence-electron chi connectivity index (χ0n) is 9.81. The van der Waals surface area contributed by atoms with Crippen LogP contribution < -0.4 is 10.0 Å². The van der Waals surface area contributed by atoms with Crippen molar-refractivity contribution in [3.05, 3.63) is 23.9 Å². The third-order valence-electron chi connectivity index (χ3n) is 2.85. The first-order valence-electron chi connectivity index (χ1n) is 5.73. The predicted molar refractivity (Wildman–Crippen MR) is 67.4 cm³/mol. The molecule has 1 saturated heterocycles. The highest BCUT2D eigenvalue weighted by Crippen LogP contribution is 2.15. The number of piperidine rings is 1. The lowest BCUT2D eigenvalue weighted by molar-refractivity contribution is 0.499. The Morgan fingerprint density at radius 1 is 1.53 bits per heavy atom. The molecule has 1 fully saturated rings. The monoisotopic (exact) mass is 255 g/mol. The van der Waals surface area contributed by atoms with Crippen LogP contribution in [0.15, 0.2) is 18.3 Å². The van der Waals surface area contributed by atoms with Gasteiger partial charge in [-0.15, -0.1) is 0 Å². The Hall–Kier alpha value is -1.14. The summed E-state index contributed by atoms with van der Waals surface area (Å²) in [4.78, 5) is 4.01. The summed E-state index contributed by atoms with van der Waals surface area (Å²) in [5, 5.41) is 2.74. The quantitative estimate of drug-likeness (QED) is 0.841. The standard InChI is InChI=1S/C11H17N3O2S/c1-9-4-6-13-11(7-9)14-17(15,16)10-3-2-5-12-8-10/h4,6-7,10,12H,2-3,5,8H2,1H3,(H,13,14). The lowest BCUT2D eigenvalue weighted by Gasteiger charge is -2.23. The molecule has 2 N–H and O–H groups in total. The molecule has 1 unspecified atom stereocenters. The van der Waals surface area contributed by atoms with E-state index in [1.165, 1.54) is 0 Å². The van der Waals surface area contributed by atoms with Crippen molar-refractivity contribution in [3.63, 3.8) is 0 Å². The van der Waals surface area contributed by atoms with Crippen LogP contribution in [0.4, 0.5) is 5.82 Å². The van der Waals surface area contributed by atoms with Gasteiger partial charge >= 0.3 is 0 Å². The second-order valence-corrected chi connectivity index (χ2v) is 6.29. The Kier molecular flexibility index (Phi) is 3.63. The first-order chi connectivity index (χ1) is 8.08. The summed E-state index contributed by atoms with van der Waals surface area (Å²) in [7, 11) is -3.33. The summed E-state index contributed by atoms with van der Waals surface area (Å²) < 4.78 is 26.7. The normalized spacial score (nSPS) is 21.1. The highest BCUT2D eigenvalue weighted by molar-refractivity contribution is 7.93. The molecule has 0 amide bonds. The minimum Gasteiger partial charge on any atom is -0.315 e. The predicted octanol–water partition coefficient (Wildman–Crippen LogP) is 0.884. The van der Waals surface area contributed by atoms with Crippen molar-refractivity contribution in [2.45, 2.75) is 25.0 Å². The number of nitrogens with one attached hydrogen (secondary N) is 2. The molecule has 5 nitrogen and oxygen atoms in total. The summed E-state index contributed by atoms with van der Waals surface area (Å²) in [6.45, 7) is 3.32. The minimum atomic E-state index is -3.33. The van der Waals surface area contributed by atoms with E-state index in [4.69, 9.17) is 0 Å². The van der Waals surface area contributed by atoms with Gasteiger partial charge in [-0.2, -0.15) is 0 Å². The van der Waals surface area contributed by atoms with Crippen LogP contribution in [0, 0.1) is 6.92 Å². The van der Waals surface area contributed by atoms with Crippen molar-refractivity contribution >= 4 is 15.8 Å². The van der Waals surface area contributed by atoms with Gasteiger partial charge in [0.15, 0.2) is 0 Å². The fourth-order valence-electron chi connectivity index (χ4n) is 1.91. The van der Waals surface area contributed by atoms with E-state index < -0.39 is 10.0 Å². The Morgan fingerprint density at radius 2 is 2.35 bits per heavy atom. The van der Waals surface area contributed by atoms with E-state index in [9.17, 15) is 8.42 Å². The van der Waals surface area contributed by atoms with Gasteiger partial charge in [-0.25, -0.2) is 13.4 Å². The number of hydrogen-bond donors (Lipinski definition) is 2. The highest BCUT2D eigenvalue weighted by atomic mass is 32.2. The maximum atomic E-state index is 12.1. The molecule has 0 spiro atoms. The Morgan fingerprint density at radius 3 is 3.00 bits per heavy atom. The lowest BCUT2D eigenvalue weighted by atomic mass is 10.2. The fourth-order valence-corrected chi connectivity index (χ4v) is 3.29. The third-order valence-corrected chi connectivity index (χ3v) is 4.63. The van der Waals surface area contributed by atoms with Gasteiger partial charge in [-0.3, -0.25) is 4.72 Å². The number of rotatable bonds is 3. The van der Waals surface area contributed by atoms with Gasteiger partial charge in [0.05, 0.1) is 5.25 Å². The highest BCUT2D eigenvalue weighted by Gasteiger charge is 2.27. The van der Waals surface area contributed by atoms with Gasteiger partial charge in [0.2, 0.25) is 10.0 Å². The SMILES string of the molecule is Cc1ccnc(NS(=O)(=O)C2CCCNC2)c1. The topological polar surface area (TPSA) is 71.1 Å². The summed E-state index contributed by atoms with van der Waals surface area (Å²) >= 11 is 0. The second kappa shape index (κ2) is 5.01. The molecule has 94 valence electrons. The van der Waals surface area contributed by atoms with Gasteiger partial charge in [0.25, 0.3) is 0 Å². The number of sulfonamides is 1. The zero-order chi connectivity index (χ0) is 12.3. The van der Waals surface area contributed by atoms with Crippen LogP contribution in [0.1, 0.15) is 18.4 Å². The average molecular weight is 255 g/mol. The smallest absolute Gasteiger partial charge is 0.238 e. The van der Waals surface area contributed by atoms with Crippen molar-refractivity contribution < 1.29 is 8.42 Å². The lowest BCUT2D eigenvalue weighted by Crippen LogP contribution is -2.41. The molecule has 1 aliphatic heterocycles. The van der Waals surface area contributed by atoms with Crippen molar-refractivity contribution in [1.29, 1.82) is 0 Å². The first-order valence-corrected chi connectivity index (χ1v) is 7.27. The molecule has 1 aromatic heterocycles. The summed E-state index contributed by atoms with van der Waals surface area (Å²) in [5.74, 6) is 0.399. The number of pyridine rings is 1. The molecule has 2 rings (SSSR count). The maximum absolute atomic E-state index is 12.1. The van der Waals surface area contributed by atoms with Gasteiger partial charge < -0.3 is 5.32 Å². The zero-order valence-corrected chi connectivity index (χ0v) is 10.6. The number of nitrogens with zero attached hydrogens (tertiary/aromatic N) is 1.